The van der Waals surface area contributed by atoms with Gasteiger partial charge in [-0.3, -0.25) is 0 Å². The second-order valence-corrected chi connectivity index (χ2v) is 7.03. The molecule has 2 atom stereocenters. The maximum atomic E-state index is 11.5. The minimum Gasteiger partial charge on any atom is -0.497 e. The molecule has 1 aromatic carbocycles. The van der Waals surface area contributed by atoms with Crippen molar-refractivity contribution in [3.63, 3.8) is 0 Å². The van der Waals surface area contributed by atoms with Gasteiger partial charge in [-0.15, -0.1) is 11.6 Å². The third kappa shape index (κ3) is 3.36. The van der Waals surface area contributed by atoms with Gasteiger partial charge in [0.2, 0.25) is 0 Å². The molecule has 0 N–H and O–H groups in total. The first-order chi connectivity index (χ1) is 7.77. The molecule has 0 aliphatic carbocycles. The normalized spacial score (nSPS) is 15.4. The molecule has 3 nitrogen and oxygen atoms in total. The minimum absolute atomic E-state index is 0.545. The van der Waals surface area contributed by atoms with Gasteiger partial charge in [0.25, 0.3) is 0 Å². The second-order valence-electron chi connectivity index (χ2n) is 4.16. The van der Waals surface area contributed by atoms with Gasteiger partial charge in [0, 0.05) is 6.26 Å². The molecule has 0 spiro atoms. The van der Waals surface area contributed by atoms with E-state index in [1.54, 1.807) is 20.1 Å². The topological polar surface area (TPSA) is 43.4 Å². The summed E-state index contributed by atoms with van der Waals surface area (Å²) in [7, 11) is -1.56. The summed E-state index contributed by atoms with van der Waals surface area (Å²) in [5, 5.41) is -1.16. The predicted octanol–water partition coefficient (Wildman–Crippen LogP) is 2.72. The molecule has 0 fully saturated rings. The Balaban J connectivity index is 3.09. The number of rotatable bonds is 4. The zero-order valence-corrected chi connectivity index (χ0v) is 12.0. The molecular weight excluding hydrogens is 260 g/mol. The van der Waals surface area contributed by atoms with E-state index < -0.39 is 20.5 Å². The Bertz CT molecular complexity index is 496. The molecule has 0 bridgehead atoms. The van der Waals surface area contributed by atoms with Gasteiger partial charge in [0.15, 0.2) is 9.84 Å². The van der Waals surface area contributed by atoms with Crippen molar-refractivity contribution in [3.8, 4) is 5.75 Å². The molecule has 0 aliphatic rings. The third-order valence-corrected chi connectivity index (χ3v) is 5.25. The number of hydrogen-bond donors (Lipinski definition) is 0. The Morgan fingerprint density at radius 1 is 1.35 bits per heavy atom. The minimum atomic E-state index is -3.15. The van der Waals surface area contributed by atoms with Crippen LogP contribution in [0.5, 0.6) is 5.75 Å². The fourth-order valence-electron chi connectivity index (χ4n) is 1.55. The molecule has 96 valence electrons. The fourth-order valence-corrected chi connectivity index (χ4v) is 2.94. The summed E-state index contributed by atoms with van der Waals surface area (Å²) < 4.78 is 28.0. The molecule has 1 rings (SSSR count). The Hall–Kier alpha value is -0.740. The van der Waals surface area contributed by atoms with Crippen molar-refractivity contribution in [2.45, 2.75) is 24.5 Å². The second kappa shape index (κ2) is 5.27. The Morgan fingerprint density at radius 3 is 2.35 bits per heavy atom. The largest absolute Gasteiger partial charge is 0.497 e. The molecule has 0 amide bonds. The van der Waals surface area contributed by atoms with Gasteiger partial charge in [-0.25, -0.2) is 8.42 Å². The lowest BCUT2D eigenvalue weighted by Gasteiger charge is -2.19. The highest BCUT2D eigenvalue weighted by Crippen LogP contribution is 2.32. The third-order valence-electron chi connectivity index (χ3n) is 2.86. The van der Waals surface area contributed by atoms with Crippen molar-refractivity contribution in [2.75, 3.05) is 13.4 Å². The molecule has 0 saturated heterocycles. The molecule has 0 heterocycles. The van der Waals surface area contributed by atoms with Crippen LogP contribution in [0.1, 0.15) is 23.4 Å². The van der Waals surface area contributed by atoms with Crippen LogP contribution in [-0.2, 0) is 9.84 Å². The van der Waals surface area contributed by atoms with Crippen molar-refractivity contribution >= 4 is 21.4 Å². The van der Waals surface area contributed by atoms with E-state index in [4.69, 9.17) is 16.3 Å². The standard InChI is InChI=1S/C12H17ClO3S/c1-8-7-10(16-3)5-6-11(8)12(13)9(2)17(4,14)15/h5-7,9,12H,1-4H3. The van der Waals surface area contributed by atoms with E-state index in [1.165, 1.54) is 6.26 Å². The van der Waals surface area contributed by atoms with Gasteiger partial charge in [-0.05, 0) is 37.1 Å². The summed E-state index contributed by atoms with van der Waals surface area (Å²) >= 11 is 6.22. The molecule has 0 aromatic heterocycles. The number of sulfone groups is 1. The average molecular weight is 277 g/mol. The smallest absolute Gasteiger partial charge is 0.151 e. The molecule has 5 heteroatoms. The van der Waals surface area contributed by atoms with Crippen LogP contribution in [0.4, 0.5) is 0 Å². The first kappa shape index (κ1) is 14.3. The van der Waals surface area contributed by atoms with Crippen LogP contribution in [0.25, 0.3) is 0 Å². The average Bonchev–Trinajstić information content (AvgIpc) is 2.25. The zero-order valence-electron chi connectivity index (χ0n) is 10.4. The van der Waals surface area contributed by atoms with Crippen LogP contribution < -0.4 is 4.74 Å². The van der Waals surface area contributed by atoms with Gasteiger partial charge in [0.05, 0.1) is 17.7 Å². The maximum Gasteiger partial charge on any atom is 0.151 e. The Kier molecular flexibility index (Phi) is 4.44. The van der Waals surface area contributed by atoms with Gasteiger partial charge in [0.1, 0.15) is 5.75 Å². The Morgan fingerprint density at radius 2 is 1.94 bits per heavy atom. The Labute approximate surface area is 108 Å². The molecule has 0 aliphatic heterocycles. The van der Waals surface area contributed by atoms with Crippen molar-refractivity contribution in [1.29, 1.82) is 0 Å². The molecule has 17 heavy (non-hydrogen) atoms. The van der Waals surface area contributed by atoms with E-state index in [0.29, 0.717) is 0 Å². The van der Waals surface area contributed by atoms with Crippen LogP contribution in [0.15, 0.2) is 18.2 Å². The van der Waals surface area contributed by atoms with E-state index in [0.717, 1.165) is 16.9 Å². The highest BCUT2D eigenvalue weighted by molar-refractivity contribution is 7.91. The van der Waals surface area contributed by atoms with Crippen LogP contribution in [0.3, 0.4) is 0 Å². The molecule has 2 unspecified atom stereocenters. The zero-order chi connectivity index (χ0) is 13.2. The SMILES string of the molecule is COc1ccc(C(Cl)C(C)S(C)(=O)=O)c(C)c1. The number of alkyl halides is 1. The monoisotopic (exact) mass is 276 g/mol. The highest BCUT2D eigenvalue weighted by Gasteiger charge is 2.26. The summed E-state index contributed by atoms with van der Waals surface area (Å²) in [6, 6.07) is 5.44. The number of benzene rings is 1. The van der Waals surface area contributed by atoms with Crippen molar-refractivity contribution in [1.82, 2.24) is 0 Å². The lowest BCUT2D eigenvalue weighted by molar-refractivity contribution is 0.414. The maximum absolute atomic E-state index is 11.5. The number of ether oxygens (including phenoxy) is 1. The predicted molar refractivity (Wildman–Crippen MR) is 70.6 cm³/mol. The molecule has 0 radical (unpaired) electrons. The first-order valence-corrected chi connectivity index (χ1v) is 7.64. The van der Waals surface area contributed by atoms with Gasteiger partial charge in [-0.1, -0.05) is 6.07 Å². The highest BCUT2D eigenvalue weighted by atomic mass is 35.5. The molecule has 0 saturated carbocycles. The van der Waals surface area contributed by atoms with Gasteiger partial charge in [-0.2, -0.15) is 0 Å². The quantitative estimate of drug-likeness (QED) is 0.794. The fraction of sp³-hybridized carbons (Fsp3) is 0.500. The van der Waals surface area contributed by atoms with Gasteiger partial charge >= 0.3 is 0 Å². The van der Waals surface area contributed by atoms with Crippen molar-refractivity contribution in [2.24, 2.45) is 0 Å². The summed E-state index contributed by atoms with van der Waals surface area (Å²) in [5.74, 6) is 0.738. The van der Waals surface area contributed by atoms with Crippen molar-refractivity contribution in [3.05, 3.63) is 29.3 Å². The summed E-state index contributed by atoms with van der Waals surface area (Å²) in [5.41, 5.74) is 1.75. The molecule has 1 aromatic rings. The van der Waals surface area contributed by atoms with Crippen LogP contribution in [-0.4, -0.2) is 27.0 Å². The van der Waals surface area contributed by atoms with Crippen LogP contribution in [0.2, 0.25) is 0 Å². The first-order valence-electron chi connectivity index (χ1n) is 5.25. The van der Waals surface area contributed by atoms with E-state index in [-0.39, 0.29) is 0 Å². The number of aryl methyl sites for hydroxylation is 1. The number of methoxy groups -OCH3 is 1. The lowest BCUT2D eigenvalue weighted by atomic mass is 10.0. The number of hydrogen-bond acceptors (Lipinski definition) is 3. The van der Waals surface area contributed by atoms with Crippen molar-refractivity contribution < 1.29 is 13.2 Å². The number of halogens is 1. The van der Waals surface area contributed by atoms with E-state index in [1.807, 2.05) is 19.1 Å². The van der Waals surface area contributed by atoms with E-state index in [2.05, 4.69) is 0 Å². The summed E-state index contributed by atoms with van der Waals surface area (Å²) in [4.78, 5) is 0. The molecular formula is C12H17ClO3S. The van der Waals surface area contributed by atoms with Gasteiger partial charge < -0.3 is 4.74 Å². The van der Waals surface area contributed by atoms with Crippen LogP contribution in [0, 0.1) is 6.92 Å². The van der Waals surface area contributed by atoms with E-state index in [9.17, 15) is 8.42 Å². The lowest BCUT2D eigenvalue weighted by Crippen LogP contribution is -2.21. The summed E-state index contributed by atoms with van der Waals surface area (Å²) in [6.45, 7) is 3.51. The summed E-state index contributed by atoms with van der Waals surface area (Å²) in [6.07, 6.45) is 1.20. The van der Waals surface area contributed by atoms with Crippen LogP contribution >= 0.6 is 11.6 Å². The van der Waals surface area contributed by atoms with E-state index >= 15 is 0 Å².